The molecule has 3 heterocycles. The van der Waals surface area contributed by atoms with Crippen LogP contribution in [0.5, 0.6) is 0 Å². The van der Waals surface area contributed by atoms with Crippen molar-refractivity contribution >= 4 is 11.6 Å². The van der Waals surface area contributed by atoms with Crippen molar-refractivity contribution in [2.24, 2.45) is 0 Å². The number of carbonyl (C=O) groups is 1. The number of nitrogens with one attached hydrogen (secondary N) is 1. The summed E-state index contributed by atoms with van der Waals surface area (Å²) in [5.74, 6) is -0.270. The van der Waals surface area contributed by atoms with Crippen LogP contribution in [0.15, 0.2) is 30.5 Å². The van der Waals surface area contributed by atoms with Gasteiger partial charge in [0.1, 0.15) is 5.82 Å². The summed E-state index contributed by atoms with van der Waals surface area (Å²) in [6.07, 6.45) is 1.46. The van der Waals surface area contributed by atoms with Gasteiger partial charge in [0.15, 0.2) is 5.69 Å². The van der Waals surface area contributed by atoms with E-state index in [0.29, 0.717) is 11.7 Å². The second-order valence-corrected chi connectivity index (χ2v) is 6.22. The molecule has 0 atom stereocenters. The van der Waals surface area contributed by atoms with Crippen LogP contribution >= 0.6 is 0 Å². The third-order valence-electron chi connectivity index (χ3n) is 4.81. The number of piperazine rings is 1. The Balaban J connectivity index is 1.27. The van der Waals surface area contributed by atoms with E-state index in [1.165, 1.54) is 18.3 Å². The lowest BCUT2D eigenvalue weighted by molar-refractivity contribution is 0.0242. The van der Waals surface area contributed by atoms with Gasteiger partial charge < -0.3 is 9.80 Å². The SMILES string of the molecule is O=C(c1cn[nH]n1)N1CC(N2CCN(c3ccc(F)cc3)CC2)C1. The van der Waals surface area contributed by atoms with Crippen LogP contribution in [-0.4, -0.2) is 76.4 Å². The van der Waals surface area contributed by atoms with Crippen LogP contribution in [0.3, 0.4) is 0 Å². The zero-order chi connectivity index (χ0) is 16.5. The number of H-pyrrole nitrogens is 1. The second-order valence-electron chi connectivity index (χ2n) is 6.22. The Kier molecular flexibility index (Phi) is 3.89. The predicted octanol–water partition coefficient (Wildman–Crippen LogP) is 0.590. The predicted molar refractivity (Wildman–Crippen MR) is 86.3 cm³/mol. The largest absolute Gasteiger partial charge is 0.369 e. The van der Waals surface area contributed by atoms with Gasteiger partial charge in [0.05, 0.1) is 6.20 Å². The molecule has 0 radical (unpaired) electrons. The number of hydrogen-bond donors (Lipinski definition) is 1. The smallest absolute Gasteiger partial charge is 0.276 e. The lowest BCUT2D eigenvalue weighted by Crippen LogP contribution is -2.64. The first-order valence-corrected chi connectivity index (χ1v) is 8.10. The molecule has 0 saturated carbocycles. The zero-order valence-corrected chi connectivity index (χ0v) is 13.2. The number of aromatic nitrogens is 3. The van der Waals surface area contributed by atoms with Crippen molar-refractivity contribution < 1.29 is 9.18 Å². The molecule has 2 aliphatic rings. The van der Waals surface area contributed by atoms with Crippen molar-refractivity contribution in [2.75, 3.05) is 44.2 Å². The highest BCUT2D eigenvalue weighted by Gasteiger charge is 2.37. The molecule has 2 saturated heterocycles. The first-order valence-electron chi connectivity index (χ1n) is 8.10. The van der Waals surface area contributed by atoms with Gasteiger partial charge in [-0.25, -0.2) is 4.39 Å². The van der Waals surface area contributed by atoms with E-state index in [4.69, 9.17) is 0 Å². The molecule has 0 unspecified atom stereocenters. The Morgan fingerprint density at radius 1 is 1.12 bits per heavy atom. The van der Waals surface area contributed by atoms with Crippen LogP contribution in [-0.2, 0) is 0 Å². The summed E-state index contributed by atoms with van der Waals surface area (Å²) >= 11 is 0. The normalized spacial score (nSPS) is 19.4. The van der Waals surface area contributed by atoms with E-state index < -0.39 is 0 Å². The molecule has 1 aromatic carbocycles. The Labute approximate surface area is 139 Å². The monoisotopic (exact) mass is 330 g/mol. The molecule has 1 aromatic heterocycles. The van der Waals surface area contributed by atoms with E-state index >= 15 is 0 Å². The summed E-state index contributed by atoms with van der Waals surface area (Å²) in [6, 6.07) is 7.07. The number of likely N-dealkylation sites (tertiary alicyclic amines) is 1. The molecule has 0 aliphatic carbocycles. The molecule has 1 amide bonds. The highest BCUT2D eigenvalue weighted by molar-refractivity contribution is 5.92. The third-order valence-corrected chi connectivity index (χ3v) is 4.81. The first kappa shape index (κ1) is 15.1. The van der Waals surface area contributed by atoms with Crippen molar-refractivity contribution in [3.63, 3.8) is 0 Å². The van der Waals surface area contributed by atoms with Gasteiger partial charge in [-0.2, -0.15) is 15.4 Å². The minimum absolute atomic E-state index is 0.0649. The number of anilines is 1. The van der Waals surface area contributed by atoms with Gasteiger partial charge in [0, 0.05) is 51.0 Å². The van der Waals surface area contributed by atoms with Crippen molar-refractivity contribution in [1.29, 1.82) is 0 Å². The van der Waals surface area contributed by atoms with Gasteiger partial charge in [-0.3, -0.25) is 9.69 Å². The number of carbonyl (C=O) groups excluding carboxylic acids is 1. The molecular formula is C16H19FN6O. The van der Waals surface area contributed by atoms with Gasteiger partial charge in [-0.1, -0.05) is 0 Å². The number of nitrogens with zero attached hydrogens (tertiary/aromatic N) is 5. The van der Waals surface area contributed by atoms with Crippen molar-refractivity contribution in [3.05, 3.63) is 42.0 Å². The number of aromatic amines is 1. The maximum atomic E-state index is 13.0. The lowest BCUT2D eigenvalue weighted by atomic mass is 10.1. The molecule has 1 N–H and O–H groups in total. The number of rotatable bonds is 3. The number of benzene rings is 1. The topological polar surface area (TPSA) is 68.4 Å². The quantitative estimate of drug-likeness (QED) is 0.892. The van der Waals surface area contributed by atoms with Crippen LogP contribution in [0, 0.1) is 5.82 Å². The van der Waals surface area contributed by atoms with E-state index in [9.17, 15) is 9.18 Å². The number of hydrogen-bond acceptors (Lipinski definition) is 5. The summed E-state index contributed by atoms with van der Waals surface area (Å²) in [4.78, 5) is 18.6. The molecule has 4 rings (SSSR count). The Hall–Kier alpha value is -2.48. The van der Waals surface area contributed by atoms with Crippen molar-refractivity contribution in [2.45, 2.75) is 6.04 Å². The minimum Gasteiger partial charge on any atom is -0.369 e. The molecule has 0 bridgehead atoms. The average molecular weight is 330 g/mol. The van der Waals surface area contributed by atoms with Crippen LogP contribution in [0.25, 0.3) is 0 Å². The minimum atomic E-state index is -0.205. The third kappa shape index (κ3) is 2.84. The molecule has 2 aliphatic heterocycles. The maximum absolute atomic E-state index is 13.0. The van der Waals surface area contributed by atoms with Gasteiger partial charge >= 0.3 is 0 Å². The van der Waals surface area contributed by atoms with Crippen molar-refractivity contribution in [3.8, 4) is 0 Å². The summed E-state index contributed by atoms with van der Waals surface area (Å²) < 4.78 is 13.0. The van der Waals surface area contributed by atoms with Crippen molar-refractivity contribution in [1.82, 2.24) is 25.2 Å². The van der Waals surface area contributed by atoms with E-state index in [2.05, 4.69) is 25.2 Å². The molecule has 2 aromatic rings. The summed E-state index contributed by atoms with van der Waals surface area (Å²) in [7, 11) is 0. The van der Waals surface area contributed by atoms with Gasteiger partial charge in [0.2, 0.25) is 0 Å². The van der Waals surface area contributed by atoms with Gasteiger partial charge in [-0.05, 0) is 24.3 Å². The van der Waals surface area contributed by atoms with Gasteiger partial charge in [0.25, 0.3) is 5.91 Å². The zero-order valence-electron chi connectivity index (χ0n) is 13.2. The number of amides is 1. The Morgan fingerprint density at radius 2 is 1.83 bits per heavy atom. The van der Waals surface area contributed by atoms with Crippen LogP contribution in [0.4, 0.5) is 10.1 Å². The summed E-state index contributed by atoms with van der Waals surface area (Å²) in [5, 5.41) is 9.97. The van der Waals surface area contributed by atoms with Crippen LogP contribution in [0.1, 0.15) is 10.5 Å². The average Bonchev–Trinajstić information content (AvgIpc) is 3.09. The lowest BCUT2D eigenvalue weighted by Gasteiger charge is -2.48. The van der Waals surface area contributed by atoms with E-state index in [0.717, 1.165) is 45.0 Å². The molecule has 7 nitrogen and oxygen atoms in total. The standard InChI is InChI=1S/C16H19FN6O/c17-12-1-3-13(4-2-12)21-5-7-22(8-6-21)14-10-23(11-14)16(24)15-9-18-20-19-15/h1-4,9,14H,5-8,10-11H2,(H,18,19,20). The van der Waals surface area contributed by atoms with Crippen LogP contribution in [0.2, 0.25) is 0 Å². The van der Waals surface area contributed by atoms with Gasteiger partial charge in [-0.15, -0.1) is 0 Å². The fraction of sp³-hybridized carbons (Fsp3) is 0.438. The molecule has 126 valence electrons. The Morgan fingerprint density at radius 3 is 2.46 bits per heavy atom. The highest BCUT2D eigenvalue weighted by atomic mass is 19.1. The molecule has 24 heavy (non-hydrogen) atoms. The van der Waals surface area contributed by atoms with E-state index in [1.54, 1.807) is 4.90 Å². The molecule has 8 heteroatoms. The molecule has 2 fully saturated rings. The first-order chi connectivity index (χ1) is 11.7. The van der Waals surface area contributed by atoms with E-state index in [1.807, 2.05) is 12.1 Å². The molecular weight excluding hydrogens is 311 g/mol. The second kappa shape index (κ2) is 6.20. The Bertz CT molecular complexity index is 690. The van der Waals surface area contributed by atoms with Crippen LogP contribution < -0.4 is 4.90 Å². The maximum Gasteiger partial charge on any atom is 0.276 e. The fourth-order valence-corrected chi connectivity index (χ4v) is 3.32. The summed E-state index contributed by atoms with van der Waals surface area (Å²) in [5.41, 5.74) is 1.43. The number of halogens is 1. The fourth-order valence-electron chi connectivity index (χ4n) is 3.32. The summed E-state index contributed by atoms with van der Waals surface area (Å²) in [6.45, 7) is 5.21. The molecule has 0 spiro atoms. The van der Waals surface area contributed by atoms with E-state index in [-0.39, 0.29) is 11.7 Å². The highest BCUT2D eigenvalue weighted by Crippen LogP contribution is 2.21.